The zero-order valence-corrected chi connectivity index (χ0v) is 15.0. The van der Waals surface area contributed by atoms with Gasteiger partial charge in [0.1, 0.15) is 0 Å². The zero-order chi connectivity index (χ0) is 23.5. The highest BCUT2D eigenvalue weighted by Gasteiger charge is 2.68. The molecule has 168 valence electrons. The fourth-order valence-electron chi connectivity index (χ4n) is 1.41. The Labute approximate surface area is 158 Å². The number of carbonyl (C=O) groups is 2. The molecular weight excluding hydrogens is 449 g/mol. The first-order valence-electron chi connectivity index (χ1n) is 6.89. The lowest BCUT2D eigenvalue weighted by molar-refractivity contribution is -0.355. The van der Waals surface area contributed by atoms with Gasteiger partial charge in [0.25, 0.3) is 0 Å². The van der Waals surface area contributed by atoms with Crippen LogP contribution in [-0.2, 0) is 33.9 Å². The summed E-state index contributed by atoms with van der Waals surface area (Å²) in [6, 6.07) is 0. The Morgan fingerprint density at radius 1 is 1.10 bits per heavy atom. The SMILES string of the molecule is C=COC(=O)C(OCCC(F)(F)C(F)(F)S(=O)(=O)[O-])(OC(=O)C(=C)C)C(F)(F)F. The molecule has 1 unspecified atom stereocenters. The largest absolute Gasteiger partial charge is 0.743 e. The molecule has 0 fully saturated rings. The Kier molecular flexibility index (Phi) is 8.01. The molecule has 0 amide bonds. The highest BCUT2D eigenvalue weighted by Crippen LogP contribution is 2.42. The monoisotopic (exact) mass is 461 g/mol. The number of hydrogen-bond acceptors (Lipinski definition) is 8. The summed E-state index contributed by atoms with van der Waals surface area (Å²) in [5.41, 5.74) is -0.720. The van der Waals surface area contributed by atoms with Crippen LogP contribution in [0.3, 0.4) is 0 Å². The summed E-state index contributed by atoms with van der Waals surface area (Å²) in [6.45, 7) is 4.34. The summed E-state index contributed by atoms with van der Waals surface area (Å²) < 4.78 is 135. The minimum Gasteiger partial charge on any atom is -0.743 e. The smallest absolute Gasteiger partial charge is 0.468 e. The molecule has 0 aromatic rings. The summed E-state index contributed by atoms with van der Waals surface area (Å²) in [5, 5.41) is -6.22. The van der Waals surface area contributed by atoms with Crippen molar-refractivity contribution in [2.45, 2.75) is 36.5 Å². The predicted octanol–water partition coefficient (Wildman–Crippen LogP) is 2.23. The molecule has 0 radical (unpaired) electrons. The highest BCUT2D eigenvalue weighted by molar-refractivity contribution is 7.86. The Morgan fingerprint density at radius 3 is 1.93 bits per heavy atom. The zero-order valence-electron chi connectivity index (χ0n) is 14.2. The standard InChI is InChI=1S/C13H13F7O8S/c1-4-26-9(22)11(12(16,17)18,28-8(21)7(2)3)27-6-5-10(14,15)13(19,20)29(23,24)25/h4H,1-2,5-6H2,3H3,(H,23,24,25)/p-1. The Hall–Kier alpha value is -2.20. The fraction of sp³-hybridized carbons (Fsp3) is 0.538. The van der Waals surface area contributed by atoms with Crippen molar-refractivity contribution in [3.05, 3.63) is 25.0 Å². The van der Waals surface area contributed by atoms with Gasteiger partial charge in [-0.25, -0.2) is 18.0 Å². The van der Waals surface area contributed by atoms with Crippen molar-refractivity contribution in [1.82, 2.24) is 0 Å². The average molecular weight is 461 g/mol. The summed E-state index contributed by atoms with van der Waals surface area (Å²) in [4.78, 5) is 23.1. The molecule has 0 aliphatic rings. The summed E-state index contributed by atoms with van der Waals surface area (Å²) in [5.74, 6) is -14.9. The lowest BCUT2D eigenvalue weighted by Gasteiger charge is -2.33. The Bertz CT molecular complexity index is 775. The number of alkyl halides is 7. The third-order valence-corrected chi connectivity index (χ3v) is 3.80. The van der Waals surface area contributed by atoms with Gasteiger partial charge in [0.2, 0.25) is 0 Å². The van der Waals surface area contributed by atoms with Crippen molar-refractivity contribution in [3.8, 4) is 0 Å². The van der Waals surface area contributed by atoms with Crippen LogP contribution < -0.4 is 0 Å². The molecule has 29 heavy (non-hydrogen) atoms. The van der Waals surface area contributed by atoms with Crippen LogP contribution in [0.2, 0.25) is 0 Å². The van der Waals surface area contributed by atoms with Gasteiger partial charge in [-0.1, -0.05) is 13.2 Å². The number of halogens is 7. The molecule has 0 saturated heterocycles. The molecule has 0 aromatic heterocycles. The maximum atomic E-state index is 13.4. The lowest BCUT2D eigenvalue weighted by atomic mass is 10.2. The van der Waals surface area contributed by atoms with Crippen LogP contribution >= 0.6 is 0 Å². The minimum atomic E-state index is -6.92. The van der Waals surface area contributed by atoms with E-state index in [9.17, 15) is 53.3 Å². The number of esters is 2. The molecule has 0 aliphatic carbocycles. The second-order valence-electron chi connectivity index (χ2n) is 5.13. The van der Waals surface area contributed by atoms with Gasteiger partial charge in [0.15, 0.2) is 10.1 Å². The summed E-state index contributed by atoms with van der Waals surface area (Å²) >= 11 is 0. The van der Waals surface area contributed by atoms with E-state index in [1.165, 1.54) is 0 Å². The lowest BCUT2D eigenvalue weighted by Crippen LogP contribution is -2.58. The van der Waals surface area contributed by atoms with E-state index in [2.05, 4.69) is 27.4 Å². The highest BCUT2D eigenvalue weighted by atomic mass is 32.2. The van der Waals surface area contributed by atoms with Crippen molar-refractivity contribution >= 4 is 22.1 Å². The first-order chi connectivity index (χ1) is 12.8. The molecule has 1 atom stereocenters. The van der Waals surface area contributed by atoms with Crippen molar-refractivity contribution in [2.75, 3.05) is 6.61 Å². The molecule has 16 heteroatoms. The van der Waals surface area contributed by atoms with Crippen LogP contribution in [-0.4, -0.2) is 54.7 Å². The van der Waals surface area contributed by atoms with Gasteiger partial charge < -0.3 is 18.8 Å². The Morgan fingerprint density at radius 2 is 1.59 bits per heavy atom. The number of rotatable bonds is 10. The van der Waals surface area contributed by atoms with Crippen molar-refractivity contribution < 1.29 is 67.5 Å². The van der Waals surface area contributed by atoms with E-state index in [1.54, 1.807) is 0 Å². The van der Waals surface area contributed by atoms with Gasteiger partial charge in [-0.2, -0.15) is 30.7 Å². The van der Waals surface area contributed by atoms with Gasteiger partial charge in [-0.3, -0.25) is 0 Å². The molecule has 8 nitrogen and oxygen atoms in total. The number of carbonyl (C=O) groups excluding carboxylic acids is 2. The van der Waals surface area contributed by atoms with Gasteiger partial charge in [-0.05, 0) is 6.92 Å². The second-order valence-corrected chi connectivity index (χ2v) is 6.55. The minimum absolute atomic E-state index is 0.119. The molecule has 0 aromatic carbocycles. The topological polar surface area (TPSA) is 119 Å². The van der Waals surface area contributed by atoms with Gasteiger partial charge in [-0.15, -0.1) is 0 Å². The average Bonchev–Trinajstić information content (AvgIpc) is 2.51. The first-order valence-corrected chi connectivity index (χ1v) is 8.30. The predicted molar refractivity (Wildman–Crippen MR) is 76.1 cm³/mol. The number of hydrogen-bond donors (Lipinski definition) is 0. The van der Waals surface area contributed by atoms with E-state index in [-0.39, 0.29) is 6.26 Å². The van der Waals surface area contributed by atoms with E-state index in [0.29, 0.717) is 0 Å². The molecule has 0 rings (SSSR count). The molecule has 0 saturated carbocycles. The van der Waals surface area contributed by atoms with Crippen molar-refractivity contribution in [1.29, 1.82) is 0 Å². The maximum absolute atomic E-state index is 13.4. The molecule has 0 aliphatic heterocycles. The van der Waals surface area contributed by atoms with Crippen LogP contribution in [0.25, 0.3) is 0 Å². The third-order valence-electron chi connectivity index (χ3n) is 2.88. The molecule has 0 heterocycles. The van der Waals surface area contributed by atoms with E-state index < -0.39 is 63.8 Å². The quantitative estimate of drug-likeness (QED) is 0.121. The van der Waals surface area contributed by atoms with Crippen LogP contribution in [0.5, 0.6) is 0 Å². The van der Waals surface area contributed by atoms with Crippen LogP contribution in [0.1, 0.15) is 13.3 Å². The Balaban J connectivity index is 5.96. The molecule has 0 spiro atoms. The van der Waals surface area contributed by atoms with E-state index in [1.807, 2.05) is 0 Å². The normalized spacial score (nSPS) is 15.2. The van der Waals surface area contributed by atoms with Gasteiger partial charge in [0, 0.05) is 12.0 Å². The maximum Gasteiger partial charge on any atom is 0.468 e. The van der Waals surface area contributed by atoms with Crippen molar-refractivity contribution in [3.63, 3.8) is 0 Å². The van der Waals surface area contributed by atoms with Gasteiger partial charge >= 0.3 is 35.1 Å². The molecule has 0 bridgehead atoms. The molecular formula is C13H12F7O8S-. The summed E-state index contributed by atoms with van der Waals surface area (Å²) in [6.07, 6.45) is -8.39. The van der Waals surface area contributed by atoms with E-state index in [4.69, 9.17) is 0 Å². The number of ether oxygens (including phenoxy) is 3. The molecule has 0 N–H and O–H groups in total. The van der Waals surface area contributed by atoms with Crippen molar-refractivity contribution in [2.24, 2.45) is 0 Å². The van der Waals surface area contributed by atoms with Gasteiger partial charge in [0.05, 0.1) is 12.9 Å². The van der Waals surface area contributed by atoms with E-state index >= 15 is 0 Å². The second kappa shape index (κ2) is 8.66. The van der Waals surface area contributed by atoms with Crippen LogP contribution in [0.15, 0.2) is 25.0 Å². The fourth-order valence-corrected chi connectivity index (χ4v) is 1.88. The third kappa shape index (κ3) is 5.66. The first kappa shape index (κ1) is 26.8. The summed E-state index contributed by atoms with van der Waals surface area (Å²) in [7, 11) is -6.92. The van der Waals surface area contributed by atoms with Crippen LogP contribution in [0, 0.1) is 0 Å². The van der Waals surface area contributed by atoms with Crippen LogP contribution in [0.4, 0.5) is 30.7 Å². The van der Waals surface area contributed by atoms with E-state index in [0.717, 1.165) is 6.92 Å².